The minimum absolute atomic E-state index is 0.930. The van der Waals surface area contributed by atoms with Gasteiger partial charge in [-0.25, -0.2) is 0 Å². The molecule has 4 unspecified atom stereocenters. The van der Waals surface area contributed by atoms with Gasteiger partial charge in [0.25, 0.3) is 0 Å². The van der Waals surface area contributed by atoms with Crippen LogP contribution in [-0.2, 0) is 0 Å². The average molecular weight is 253 g/mol. The van der Waals surface area contributed by atoms with Crippen molar-refractivity contribution in [1.82, 2.24) is 5.32 Å². The lowest BCUT2D eigenvalue weighted by atomic mass is 9.71. The SMILES string of the molecule is CCCNCC1CCC(C)CC1CC(C)CCC. The molecule has 1 N–H and O–H groups in total. The zero-order chi connectivity index (χ0) is 13.4. The second kappa shape index (κ2) is 8.96. The quantitative estimate of drug-likeness (QED) is 0.609. The van der Waals surface area contributed by atoms with Crippen molar-refractivity contribution in [3.63, 3.8) is 0 Å². The molecule has 1 rings (SSSR count). The molecule has 18 heavy (non-hydrogen) atoms. The van der Waals surface area contributed by atoms with E-state index in [1.807, 2.05) is 0 Å². The highest BCUT2D eigenvalue weighted by molar-refractivity contribution is 4.81. The van der Waals surface area contributed by atoms with Gasteiger partial charge in [0.15, 0.2) is 0 Å². The molecule has 1 fully saturated rings. The van der Waals surface area contributed by atoms with E-state index < -0.39 is 0 Å². The summed E-state index contributed by atoms with van der Waals surface area (Å²) < 4.78 is 0. The van der Waals surface area contributed by atoms with Gasteiger partial charge in [-0.1, -0.05) is 47.0 Å². The van der Waals surface area contributed by atoms with Crippen LogP contribution >= 0.6 is 0 Å². The Kier molecular flexibility index (Phi) is 7.97. The highest BCUT2D eigenvalue weighted by atomic mass is 14.9. The summed E-state index contributed by atoms with van der Waals surface area (Å²) in [6, 6.07) is 0. The van der Waals surface area contributed by atoms with Gasteiger partial charge in [-0.3, -0.25) is 0 Å². The summed E-state index contributed by atoms with van der Waals surface area (Å²) in [5.74, 6) is 3.83. The largest absolute Gasteiger partial charge is 0.316 e. The van der Waals surface area contributed by atoms with Crippen LogP contribution < -0.4 is 5.32 Å². The molecule has 1 aliphatic carbocycles. The normalized spacial score (nSPS) is 30.3. The van der Waals surface area contributed by atoms with Gasteiger partial charge in [0.1, 0.15) is 0 Å². The van der Waals surface area contributed by atoms with E-state index in [-0.39, 0.29) is 0 Å². The van der Waals surface area contributed by atoms with Crippen LogP contribution in [0.3, 0.4) is 0 Å². The summed E-state index contributed by atoms with van der Waals surface area (Å²) in [5, 5.41) is 3.65. The third kappa shape index (κ3) is 5.73. The van der Waals surface area contributed by atoms with Gasteiger partial charge in [0.2, 0.25) is 0 Å². The first-order valence-electron chi connectivity index (χ1n) is 8.38. The average Bonchev–Trinajstić information content (AvgIpc) is 2.32. The molecule has 1 nitrogen and oxygen atoms in total. The number of rotatable bonds is 8. The van der Waals surface area contributed by atoms with E-state index in [2.05, 4.69) is 33.0 Å². The first-order valence-corrected chi connectivity index (χ1v) is 8.38. The number of nitrogens with one attached hydrogen (secondary N) is 1. The lowest BCUT2D eigenvalue weighted by Crippen LogP contribution is -2.33. The molecule has 0 aromatic heterocycles. The Balaban J connectivity index is 2.40. The lowest BCUT2D eigenvalue weighted by Gasteiger charge is -2.36. The Labute approximate surface area is 115 Å². The third-order valence-corrected chi connectivity index (χ3v) is 4.72. The molecular weight excluding hydrogens is 218 g/mol. The molecule has 0 saturated heterocycles. The minimum atomic E-state index is 0.930. The topological polar surface area (TPSA) is 12.0 Å². The number of hydrogen-bond donors (Lipinski definition) is 1. The van der Waals surface area contributed by atoms with Crippen molar-refractivity contribution in [2.45, 2.75) is 72.6 Å². The molecule has 0 aromatic carbocycles. The van der Waals surface area contributed by atoms with E-state index in [0.717, 1.165) is 23.7 Å². The van der Waals surface area contributed by atoms with Crippen molar-refractivity contribution in [1.29, 1.82) is 0 Å². The van der Waals surface area contributed by atoms with E-state index in [9.17, 15) is 0 Å². The van der Waals surface area contributed by atoms with Gasteiger partial charge < -0.3 is 5.32 Å². The molecule has 0 aliphatic heterocycles. The molecule has 0 bridgehead atoms. The zero-order valence-electron chi connectivity index (χ0n) is 13.2. The molecule has 0 spiro atoms. The second-order valence-corrected chi connectivity index (χ2v) is 6.77. The van der Waals surface area contributed by atoms with Gasteiger partial charge in [0, 0.05) is 0 Å². The van der Waals surface area contributed by atoms with Crippen molar-refractivity contribution < 1.29 is 0 Å². The van der Waals surface area contributed by atoms with Crippen LogP contribution in [0, 0.1) is 23.7 Å². The van der Waals surface area contributed by atoms with Crippen LogP contribution in [0.15, 0.2) is 0 Å². The van der Waals surface area contributed by atoms with Gasteiger partial charge in [0.05, 0.1) is 0 Å². The summed E-state index contributed by atoms with van der Waals surface area (Å²) in [7, 11) is 0. The van der Waals surface area contributed by atoms with Crippen molar-refractivity contribution in [2.75, 3.05) is 13.1 Å². The molecular formula is C17H35N. The fourth-order valence-corrected chi connectivity index (χ4v) is 3.71. The fourth-order valence-electron chi connectivity index (χ4n) is 3.71. The summed E-state index contributed by atoms with van der Waals surface area (Å²) in [6.07, 6.45) is 9.89. The highest BCUT2D eigenvalue weighted by Crippen LogP contribution is 2.37. The molecule has 0 amide bonds. The Hall–Kier alpha value is -0.0400. The molecule has 108 valence electrons. The maximum Gasteiger partial charge on any atom is -0.00179 e. The molecule has 1 heteroatoms. The van der Waals surface area contributed by atoms with E-state index in [1.165, 1.54) is 58.0 Å². The van der Waals surface area contributed by atoms with Crippen LogP contribution in [0.25, 0.3) is 0 Å². The smallest absolute Gasteiger partial charge is 0.00179 e. The van der Waals surface area contributed by atoms with Gasteiger partial charge in [-0.05, 0) is 62.4 Å². The predicted molar refractivity (Wildman–Crippen MR) is 81.8 cm³/mol. The van der Waals surface area contributed by atoms with Crippen molar-refractivity contribution in [2.24, 2.45) is 23.7 Å². The first-order chi connectivity index (χ1) is 8.67. The van der Waals surface area contributed by atoms with Crippen LogP contribution in [-0.4, -0.2) is 13.1 Å². The van der Waals surface area contributed by atoms with Crippen molar-refractivity contribution >= 4 is 0 Å². The van der Waals surface area contributed by atoms with E-state index in [4.69, 9.17) is 0 Å². The molecule has 1 saturated carbocycles. The standard InChI is InChI=1S/C17H35N/c1-5-7-14(3)11-17-12-15(4)8-9-16(17)13-18-10-6-2/h14-18H,5-13H2,1-4H3. The van der Waals surface area contributed by atoms with Crippen LogP contribution in [0.1, 0.15) is 72.6 Å². The van der Waals surface area contributed by atoms with Crippen molar-refractivity contribution in [3.8, 4) is 0 Å². The summed E-state index contributed by atoms with van der Waals surface area (Å²) in [6.45, 7) is 12.0. The maximum atomic E-state index is 3.65. The monoisotopic (exact) mass is 253 g/mol. The van der Waals surface area contributed by atoms with Crippen LogP contribution in [0.4, 0.5) is 0 Å². The van der Waals surface area contributed by atoms with Gasteiger partial charge >= 0.3 is 0 Å². The van der Waals surface area contributed by atoms with E-state index in [1.54, 1.807) is 0 Å². The van der Waals surface area contributed by atoms with Crippen LogP contribution in [0.2, 0.25) is 0 Å². The molecule has 4 atom stereocenters. The van der Waals surface area contributed by atoms with E-state index >= 15 is 0 Å². The Morgan fingerprint density at radius 2 is 1.89 bits per heavy atom. The molecule has 0 radical (unpaired) electrons. The van der Waals surface area contributed by atoms with Gasteiger partial charge in [-0.15, -0.1) is 0 Å². The third-order valence-electron chi connectivity index (χ3n) is 4.72. The molecule has 0 heterocycles. The molecule has 0 aromatic rings. The van der Waals surface area contributed by atoms with Crippen molar-refractivity contribution in [3.05, 3.63) is 0 Å². The lowest BCUT2D eigenvalue weighted by molar-refractivity contribution is 0.155. The highest BCUT2D eigenvalue weighted by Gasteiger charge is 2.29. The van der Waals surface area contributed by atoms with Gasteiger partial charge in [-0.2, -0.15) is 0 Å². The minimum Gasteiger partial charge on any atom is -0.316 e. The molecule has 1 aliphatic rings. The Morgan fingerprint density at radius 3 is 2.56 bits per heavy atom. The van der Waals surface area contributed by atoms with Crippen LogP contribution in [0.5, 0.6) is 0 Å². The second-order valence-electron chi connectivity index (χ2n) is 6.77. The summed E-state index contributed by atoms with van der Waals surface area (Å²) in [4.78, 5) is 0. The Morgan fingerprint density at radius 1 is 1.11 bits per heavy atom. The Bertz CT molecular complexity index is 202. The maximum absolute atomic E-state index is 3.65. The zero-order valence-corrected chi connectivity index (χ0v) is 13.2. The summed E-state index contributed by atoms with van der Waals surface area (Å²) in [5.41, 5.74) is 0. The van der Waals surface area contributed by atoms with E-state index in [0.29, 0.717) is 0 Å². The predicted octanol–water partition coefficient (Wildman–Crippen LogP) is 4.86. The number of hydrogen-bond acceptors (Lipinski definition) is 1. The summed E-state index contributed by atoms with van der Waals surface area (Å²) >= 11 is 0. The fraction of sp³-hybridized carbons (Fsp3) is 1.00. The first kappa shape index (κ1) is 16.0.